The zero-order valence-electron chi connectivity index (χ0n) is 12.8. The number of nitro benzene ring substituents is 1. The number of phenolic OH excluding ortho intramolecular Hbond substituents is 1. The molecule has 0 saturated heterocycles. The molecule has 0 bridgehead atoms. The molecule has 0 aromatic heterocycles. The Morgan fingerprint density at radius 3 is 2.39 bits per heavy atom. The van der Waals surface area contributed by atoms with Crippen LogP contribution in [0.1, 0.15) is 15.9 Å². The number of nitro groups is 1. The molecule has 0 fully saturated rings. The molecule has 0 heterocycles. The molecule has 0 aliphatic rings. The molecule has 0 unspecified atom stereocenters. The van der Waals surface area contributed by atoms with Crippen LogP contribution in [0.2, 0.25) is 0 Å². The van der Waals surface area contributed by atoms with Crippen molar-refractivity contribution in [2.45, 2.75) is 0 Å². The van der Waals surface area contributed by atoms with Gasteiger partial charge in [0.1, 0.15) is 5.75 Å². The molecular formula is C17H16N2O4. The lowest BCUT2D eigenvalue weighted by atomic mass is 10.1. The van der Waals surface area contributed by atoms with E-state index < -0.39 is 10.7 Å². The van der Waals surface area contributed by atoms with Gasteiger partial charge in [0, 0.05) is 31.9 Å². The fourth-order valence-corrected chi connectivity index (χ4v) is 1.98. The van der Waals surface area contributed by atoms with Gasteiger partial charge in [-0.25, -0.2) is 0 Å². The van der Waals surface area contributed by atoms with Crippen molar-refractivity contribution in [1.82, 2.24) is 0 Å². The van der Waals surface area contributed by atoms with Gasteiger partial charge in [0.05, 0.1) is 10.5 Å². The van der Waals surface area contributed by atoms with Gasteiger partial charge >= 0.3 is 0 Å². The lowest BCUT2D eigenvalue weighted by molar-refractivity contribution is -0.384. The minimum atomic E-state index is -0.611. The zero-order valence-corrected chi connectivity index (χ0v) is 12.8. The number of aromatic hydroxyl groups is 1. The molecule has 0 spiro atoms. The molecule has 2 aromatic carbocycles. The predicted molar refractivity (Wildman–Crippen MR) is 88.9 cm³/mol. The third kappa shape index (κ3) is 3.94. The van der Waals surface area contributed by atoms with Gasteiger partial charge in [-0.15, -0.1) is 0 Å². The minimum absolute atomic E-state index is 0.0969. The Labute approximate surface area is 133 Å². The Kier molecular flexibility index (Phi) is 4.75. The van der Waals surface area contributed by atoms with Gasteiger partial charge < -0.3 is 10.0 Å². The molecule has 0 radical (unpaired) electrons. The lowest BCUT2D eigenvalue weighted by Gasteiger charge is -2.11. The number of non-ortho nitro benzene ring substituents is 1. The average molecular weight is 312 g/mol. The number of allylic oxidation sites excluding steroid dienone is 1. The van der Waals surface area contributed by atoms with Crippen molar-refractivity contribution in [2.24, 2.45) is 0 Å². The first-order valence-electron chi connectivity index (χ1n) is 6.85. The van der Waals surface area contributed by atoms with E-state index in [0.717, 1.165) is 29.4 Å². The summed E-state index contributed by atoms with van der Waals surface area (Å²) < 4.78 is 0. The third-order valence-electron chi connectivity index (χ3n) is 3.29. The van der Waals surface area contributed by atoms with Gasteiger partial charge in [-0.05, 0) is 29.8 Å². The normalized spacial score (nSPS) is 10.7. The maximum Gasteiger partial charge on any atom is 0.270 e. The van der Waals surface area contributed by atoms with Crippen LogP contribution in [-0.2, 0) is 0 Å². The van der Waals surface area contributed by atoms with Crippen LogP contribution in [0.25, 0.3) is 6.08 Å². The predicted octanol–water partition coefficient (Wildman–Crippen LogP) is 3.26. The van der Waals surface area contributed by atoms with Gasteiger partial charge in [-0.2, -0.15) is 0 Å². The molecule has 23 heavy (non-hydrogen) atoms. The monoisotopic (exact) mass is 312 g/mol. The van der Waals surface area contributed by atoms with Crippen molar-refractivity contribution in [3.05, 3.63) is 69.8 Å². The smallest absolute Gasteiger partial charge is 0.270 e. The first-order valence-corrected chi connectivity index (χ1v) is 6.85. The van der Waals surface area contributed by atoms with Crippen LogP contribution in [0, 0.1) is 10.1 Å². The highest BCUT2D eigenvalue weighted by Gasteiger charge is 2.14. The highest BCUT2D eigenvalue weighted by Crippen LogP contribution is 2.24. The van der Waals surface area contributed by atoms with E-state index in [-0.39, 0.29) is 17.0 Å². The summed E-state index contributed by atoms with van der Waals surface area (Å²) in [5.41, 5.74) is 1.51. The number of rotatable bonds is 5. The topological polar surface area (TPSA) is 83.7 Å². The van der Waals surface area contributed by atoms with Crippen molar-refractivity contribution in [2.75, 3.05) is 19.0 Å². The fraction of sp³-hybridized carbons (Fsp3) is 0.118. The van der Waals surface area contributed by atoms with E-state index in [0.29, 0.717) is 0 Å². The summed E-state index contributed by atoms with van der Waals surface area (Å²) >= 11 is 0. The SMILES string of the molecule is CN(C)c1ccc(/C=C/C(=O)c2cc([N+](=O)[O-])ccc2O)cc1. The minimum Gasteiger partial charge on any atom is -0.507 e. The van der Waals surface area contributed by atoms with E-state index in [2.05, 4.69) is 0 Å². The second-order valence-corrected chi connectivity index (χ2v) is 5.14. The quantitative estimate of drug-likeness (QED) is 0.396. The summed E-state index contributed by atoms with van der Waals surface area (Å²) in [6.45, 7) is 0. The van der Waals surface area contributed by atoms with Gasteiger partial charge in [0.2, 0.25) is 0 Å². The average Bonchev–Trinajstić information content (AvgIpc) is 2.53. The molecule has 0 saturated carbocycles. The van der Waals surface area contributed by atoms with E-state index >= 15 is 0 Å². The van der Waals surface area contributed by atoms with E-state index in [4.69, 9.17) is 0 Å². The fourth-order valence-electron chi connectivity index (χ4n) is 1.98. The molecule has 118 valence electrons. The molecule has 0 amide bonds. The summed E-state index contributed by atoms with van der Waals surface area (Å²) in [5, 5.41) is 20.4. The highest BCUT2D eigenvalue weighted by atomic mass is 16.6. The van der Waals surface area contributed by atoms with E-state index in [1.807, 2.05) is 43.3 Å². The van der Waals surface area contributed by atoms with Gasteiger partial charge in [-0.3, -0.25) is 14.9 Å². The number of phenols is 1. The number of carbonyl (C=O) groups excluding carboxylic acids is 1. The Morgan fingerprint density at radius 1 is 1.17 bits per heavy atom. The first kappa shape index (κ1) is 16.2. The largest absolute Gasteiger partial charge is 0.507 e. The zero-order chi connectivity index (χ0) is 17.0. The van der Waals surface area contributed by atoms with Crippen molar-refractivity contribution in [3.63, 3.8) is 0 Å². The van der Waals surface area contributed by atoms with E-state index in [1.165, 1.54) is 6.08 Å². The lowest BCUT2D eigenvalue weighted by Crippen LogP contribution is -2.07. The second-order valence-electron chi connectivity index (χ2n) is 5.14. The van der Waals surface area contributed by atoms with Crippen molar-refractivity contribution < 1.29 is 14.8 Å². The van der Waals surface area contributed by atoms with Crippen molar-refractivity contribution >= 4 is 23.2 Å². The Balaban J connectivity index is 2.21. The van der Waals surface area contributed by atoms with Gasteiger partial charge in [-0.1, -0.05) is 18.2 Å². The maximum absolute atomic E-state index is 12.1. The Morgan fingerprint density at radius 2 is 1.83 bits per heavy atom. The van der Waals surface area contributed by atoms with Crippen LogP contribution in [0.3, 0.4) is 0 Å². The molecule has 2 aromatic rings. The number of hydrogen-bond acceptors (Lipinski definition) is 5. The van der Waals surface area contributed by atoms with E-state index in [1.54, 1.807) is 6.08 Å². The summed E-state index contributed by atoms with van der Waals surface area (Å²) in [6.07, 6.45) is 2.88. The number of ketones is 1. The molecule has 0 atom stereocenters. The van der Waals surface area contributed by atoms with Crippen LogP contribution in [0.4, 0.5) is 11.4 Å². The van der Waals surface area contributed by atoms with Crippen LogP contribution >= 0.6 is 0 Å². The molecular weight excluding hydrogens is 296 g/mol. The molecule has 0 aliphatic carbocycles. The Hall–Kier alpha value is -3.15. The van der Waals surface area contributed by atoms with Crippen molar-refractivity contribution in [1.29, 1.82) is 0 Å². The molecule has 1 N–H and O–H groups in total. The van der Waals surface area contributed by atoms with Gasteiger partial charge in [0.25, 0.3) is 5.69 Å². The maximum atomic E-state index is 12.1. The van der Waals surface area contributed by atoms with E-state index in [9.17, 15) is 20.0 Å². The highest BCUT2D eigenvalue weighted by molar-refractivity contribution is 6.08. The Bertz CT molecular complexity index is 765. The number of hydrogen-bond donors (Lipinski definition) is 1. The van der Waals surface area contributed by atoms with Gasteiger partial charge in [0.15, 0.2) is 5.78 Å². The molecule has 6 heteroatoms. The summed E-state index contributed by atoms with van der Waals surface area (Å²) in [5.74, 6) is -0.781. The van der Waals surface area contributed by atoms with Crippen LogP contribution in [0.15, 0.2) is 48.5 Å². The number of nitrogens with zero attached hydrogens (tertiary/aromatic N) is 2. The number of anilines is 1. The summed E-state index contributed by atoms with van der Waals surface area (Å²) in [4.78, 5) is 24.2. The van der Waals surface area contributed by atoms with Crippen LogP contribution in [0.5, 0.6) is 5.75 Å². The van der Waals surface area contributed by atoms with Crippen LogP contribution < -0.4 is 4.90 Å². The summed E-state index contributed by atoms with van der Waals surface area (Å²) in [7, 11) is 3.86. The molecule has 2 rings (SSSR count). The third-order valence-corrected chi connectivity index (χ3v) is 3.29. The second kappa shape index (κ2) is 6.74. The standard InChI is InChI=1S/C17H16N2O4/c1-18(2)13-6-3-12(4-7-13)5-9-16(20)15-11-14(19(22)23)8-10-17(15)21/h3-11,21H,1-2H3/b9-5+. The van der Waals surface area contributed by atoms with Crippen LogP contribution in [-0.4, -0.2) is 29.9 Å². The van der Waals surface area contributed by atoms with Crippen molar-refractivity contribution in [3.8, 4) is 5.75 Å². The number of benzene rings is 2. The number of carbonyl (C=O) groups is 1. The summed E-state index contributed by atoms with van der Waals surface area (Å²) in [6, 6.07) is 10.9. The molecule has 0 aliphatic heterocycles. The first-order chi connectivity index (χ1) is 10.9. The molecule has 6 nitrogen and oxygen atoms in total.